The first-order chi connectivity index (χ1) is 7.04. The molecule has 2 heteroatoms. The molecule has 0 aromatic carbocycles. The molecule has 2 nitrogen and oxygen atoms in total. The van der Waals surface area contributed by atoms with Gasteiger partial charge in [0.1, 0.15) is 0 Å². The summed E-state index contributed by atoms with van der Waals surface area (Å²) < 4.78 is 0. The van der Waals surface area contributed by atoms with Crippen LogP contribution in [0.4, 0.5) is 0 Å². The smallest absolute Gasteiger partial charge is 0.0107 e. The van der Waals surface area contributed by atoms with Crippen LogP contribution in [0, 0.1) is 5.92 Å². The van der Waals surface area contributed by atoms with E-state index >= 15 is 0 Å². The summed E-state index contributed by atoms with van der Waals surface area (Å²) in [5.74, 6) is 0.592. The van der Waals surface area contributed by atoms with Crippen molar-refractivity contribution >= 4 is 0 Å². The van der Waals surface area contributed by atoms with E-state index in [-0.39, 0.29) is 0 Å². The summed E-state index contributed by atoms with van der Waals surface area (Å²) in [6.45, 7) is 13.4. The van der Waals surface area contributed by atoms with Crippen LogP contribution in [0.5, 0.6) is 0 Å². The van der Waals surface area contributed by atoms with Crippen LogP contribution in [0.1, 0.15) is 53.9 Å². The van der Waals surface area contributed by atoms with Crippen molar-refractivity contribution in [1.82, 2.24) is 4.90 Å². The van der Waals surface area contributed by atoms with Crippen LogP contribution >= 0.6 is 0 Å². The fourth-order valence-corrected chi connectivity index (χ4v) is 2.00. The number of unbranched alkanes of at least 4 members (excludes halogenated alkanes) is 2. The Morgan fingerprint density at radius 1 is 1.07 bits per heavy atom. The highest BCUT2D eigenvalue weighted by molar-refractivity contribution is 4.76. The van der Waals surface area contributed by atoms with Crippen LogP contribution in [-0.2, 0) is 0 Å². The van der Waals surface area contributed by atoms with Gasteiger partial charge in [-0.05, 0) is 46.2 Å². The van der Waals surface area contributed by atoms with E-state index in [1.54, 1.807) is 0 Å². The Hall–Kier alpha value is -0.0800. The fourth-order valence-electron chi connectivity index (χ4n) is 2.00. The van der Waals surface area contributed by atoms with Crippen LogP contribution in [0.15, 0.2) is 0 Å². The third-order valence-electron chi connectivity index (χ3n) is 3.40. The van der Waals surface area contributed by atoms with Crippen LogP contribution in [-0.4, -0.2) is 30.1 Å². The van der Waals surface area contributed by atoms with E-state index in [2.05, 4.69) is 39.5 Å². The molecule has 0 aliphatic rings. The molecule has 0 amide bonds. The summed E-state index contributed by atoms with van der Waals surface area (Å²) >= 11 is 0. The van der Waals surface area contributed by atoms with Gasteiger partial charge in [0.2, 0.25) is 0 Å². The summed E-state index contributed by atoms with van der Waals surface area (Å²) in [7, 11) is 0. The number of nitrogens with two attached hydrogens (primary N) is 1. The Balaban J connectivity index is 4.12. The lowest BCUT2D eigenvalue weighted by Crippen LogP contribution is -2.44. The minimum absolute atomic E-state index is 0.592. The monoisotopic (exact) mass is 214 g/mol. The lowest BCUT2D eigenvalue weighted by molar-refractivity contribution is 0.124. The third kappa shape index (κ3) is 5.53. The Bertz CT molecular complexity index is 145. The molecule has 15 heavy (non-hydrogen) atoms. The van der Waals surface area contributed by atoms with Crippen LogP contribution in [0.3, 0.4) is 0 Å². The second-order valence-electron chi connectivity index (χ2n) is 4.99. The standard InChI is InChI=1S/C13H30N2/c1-6-7-8-9-15(11(2)3)13(5)12(4)10-14/h11-13H,6-10,14H2,1-5H3. The molecule has 0 spiro atoms. The maximum Gasteiger partial charge on any atom is 0.0107 e. The van der Waals surface area contributed by atoms with Gasteiger partial charge in [-0.2, -0.15) is 0 Å². The van der Waals surface area contributed by atoms with Crippen molar-refractivity contribution in [2.45, 2.75) is 66.0 Å². The third-order valence-corrected chi connectivity index (χ3v) is 3.40. The van der Waals surface area contributed by atoms with Gasteiger partial charge in [-0.3, -0.25) is 4.90 Å². The van der Waals surface area contributed by atoms with Gasteiger partial charge < -0.3 is 5.73 Å². The van der Waals surface area contributed by atoms with Gasteiger partial charge in [-0.1, -0.05) is 26.7 Å². The van der Waals surface area contributed by atoms with E-state index < -0.39 is 0 Å². The van der Waals surface area contributed by atoms with Crippen LogP contribution in [0.25, 0.3) is 0 Å². The highest BCUT2D eigenvalue weighted by Gasteiger charge is 2.20. The van der Waals surface area contributed by atoms with E-state index in [4.69, 9.17) is 5.73 Å². The van der Waals surface area contributed by atoms with Crippen molar-refractivity contribution < 1.29 is 0 Å². The number of hydrogen-bond acceptors (Lipinski definition) is 2. The minimum Gasteiger partial charge on any atom is -0.330 e. The average Bonchev–Trinajstić information content (AvgIpc) is 2.22. The second kappa shape index (κ2) is 8.12. The largest absolute Gasteiger partial charge is 0.330 e. The first kappa shape index (κ1) is 14.9. The molecule has 2 unspecified atom stereocenters. The van der Waals surface area contributed by atoms with Gasteiger partial charge in [0, 0.05) is 12.1 Å². The van der Waals surface area contributed by atoms with Crippen molar-refractivity contribution in [3.05, 3.63) is 0 Å². The van der Waals surface area contributed by atoms with Crippen LogP contribution in [0.2, 0.25) is 0 Å². The Morgan fingerprint density at radius 2 is 1.67 bits per heavy atom. The Labute approximate surface area is 96.2 Å². The van der Waals surface area contributed by atoms with Crippen molar-refractivity contribution in [2.24, 2.45) is 11.7 Å². The molecule has 0 bridgehead atoms. The highest BCUT2D eigenvalue weighted by Crippen LogP contribution is 2.14. The van der Waals surface area contributed by atoms with E-state index in [1.165, 1.54) is 25.8 Å². The molecule has 2 N–H and O–H groups in total. The molecule has 0 heterocycles. The molecule has 0 aliphatic carbocycles. The summed E-state index contributed by atoms with van der Waals surface area (Å²) in [6.07, 6.45) is 3.95. The summed E-state index contributed by atoms with van der Waals surface area (Å²) in [5, 5.41) is 0. The second-order valence-corrected chi connectivity index (χ2v) is 4.99. The number of nitrogens with zero attached hydrogens (tertiary/aromatic N) is 1. The Morgan fingerprint density at radius 3 is 2.07 bits per heavy atom. The average molecular weight is 214 g/mol. The molecule has 92 valence electrons. The van der Waals surface area contributed by atoms with Crippen molar-refractivity contribution in [1.29, 1.82) is 0 Å². The zero-order valence-corrected chi connectivity index (χ0v) is 11.3. The molecule has 0 radical (unpaired) electrons. The number of rotatable bonds is 8. The molecule has 0 rings (SSSR count). The fraction of sp³-hybridized carbons (Fsp3) is 1.00. The van der Waals surface area contributed by atoms with Crippen molar-refractivity contribution in [3.63, 3.8) is 0 Å². The normalized spacial score (nSPS) is 16.0. The molecule has 0 aliphatic heterocycles. The highest BCUT2D eigenvalue weighted by atomic mass is 15.2. The van der Waals surface area contributed by atoms with E-state index in [0.29, 0.717) is 18.0 Å². The van der Waals surface area contributed by atoms with E-state index in [0.717, 1.165) is 6.54 Å². The summed E-state index contributed by atoms with van der Waals surface area (Å²) in [4.78, 5) is 2.59. The lowest BCUT2D eigenvalue weighted by Gasteiger charge is -2.36. The van der Waals surface area contributed by atoms with Crippen LogP contribution < -0.4 is 5.73 Å². The van der Waals surface area contributed by atoms with Gasteiger partial charge in [0.25, 0.3) is 0 Å². The quantitative estimate of drug-likeness (QED) is 0.630. The molecular formula is C13H30N2. The van der Waals surface area contributed by atoms with E-state index in [1.807, 2.05) is 0 Å². The molecular weight excluding hydrogens is 184 g/mol. The number of hydrogen-bond donors (Lipinski definition) is 1. The molecule has 0 aromatic rings. The summed E-state index contributed by atoms with van der Waals surface area (Å²) in [5.41, 5.74) is 5.74. The maximum atomic E-state index is 5.74. The van der Waals surface area contributed by atoms with E-state index in [9.17, 15) is 0 Å². The van der Waals surface area contributed by atoms with Crippen molar-refractivity contribution in [2.75, 3.05) is 13.1 Å². The molecule has 0 saturated heterocycles. The first-order valence-corrected chi connectivity index (χ1v) is 6.50. The predicted molar refractivity (Wildman–Crippen MR) is 69.0 cm³/mol. The molecule has 0 saturated carbocycles. The SMILES string of the molecule is CCCCCN(C(C)C)C(C)C(C)CN. The van der Waals surface area contributed by atoms with Gasteiger partial charge in [-0.15, -0.1) is 0 Å². The molecule has 0 aromatic heterocycles. The predicted octanol–water partition coefficient (Wildman–Crippen LogP) is 2.87. The minimum atomic E-state index is 0.592. The van der Waals surface area contributed by atoms with Crippen molar-refractivity contribution in [3.8, 4) is 0 Å². The van der Waals surface area contributed by atoms with Gasteiger partial charge in [0.05, 0.1) is 0 Å². The zero-order chi connectivity index (χ0) is 11.8. The molecule has 0 fully saturated rings. The van der Waals surface area contributed by atoms with Gasteiger partial charge in [0.15, 0.2) is 0 Å². The summed E-state index contributed by atoms with van der Waals surface area (Å²) in [6, 6.07) is 1.23. The first-order valence-electron chi connectivity index (χ1n) is 6.50. The lowest BCUT2D eigenvalue weighted by atomic mass is 10.0. The topological polar surface area (TPSA) is 29.3 Å². The zero-order valence-electron chi connectivity index (χ0n) is 11.3. The Kier molecular flexibility index (Phi) is 8.07. The van der Waals surface area contributed by atoms with Gasteiger partial charge in [-0.25, -0.2) is 0 Å². The maximum absolute atomic E-state index is 5.74. The van der Waals surface area contributed by atoms with Gasteiger partial charge >= 0.3 is 0 Å². The molecule has 2 atom stereocenters.